The van der Waals surface area contributed by atoms with Crippen LogP contribution in [0.4, 0.5) is 5.69 Å². The van der Waals surface area contributed by atoms with E-state index in [2.05, 4.69) is 54.0 Å². The molecule has 0 amide bonds. The number of anilines is 1. The molecule has 0 bridgehead atoms. The Bertz CT molecular complexity index is 534. The predicted octanol–water partition coefficient (Wildman–Crippen LogP) is 3.96. The molecule has 2 aliphatic rings. The zero-order valence-electron chi connectivity index (χ0n) is 15.0. The lowest BCUT2D eigenvalue weighted by molar-refractivity contribution is -0.149. The molecular weight excluding hydrogens is 312 g/mol. The summed E-state index contributed by atoms with van der Waals surface area (Å²) in [4.78, 5) is 17.1. The molecule has 1 unspecified atom stereocenters. The van der Waals surface area contributed by atoms with Crippen LogP contribution in [0.1, 0.15) is 47.0 Å². The Kier molecular flexibility index (Phi) is 6.88. The van der Waals surface area contributed by atoms with Crippen LogP contribution in [-0.4, -0.2) is 49.7 Å². The van der Waals surface area contributed by atoms with Crippen LogP contribution in [0.2, 0.25) is 0 Å². The van der Waals surface area contributed by atoms with Gasteiger partial charge in [-0.3, -0.25) is 9.69 Å². The van der Waals surface area contributed by atoms with Crippen LogP contribution in [0, 0.1) is 5.41 Å². The van der Waals surface area contributed by atoms with Crippen molar-refractivity contribution in [3.63, 3.8) is 0 Å². The first-order valence-corrected chi connectivity index (χ1v) is 9.40. The minimum absolute atomic E-state index is 0. The van der Waals surface area contributed by atoms with E-state index in [9.17, 15) is 4.79 Å². The standard InChI is InChI=1S/C20H30N2O2.CH4/c1-3-20(4-2)16-18(24-19(20)23)10-11-21-12-14-22(15-13-21)17-8-6-5-7-9-17;/h5-9,18H,3-4,10-16H2,1-2H3;1H4. The number of carbonyl (C=O) groups is 1. The van der Waals surface area contributed by atoms with Gasteiger partial charge in [0.2, 0.25) is 0 Å². The molecule has 2 aliphatic heterocycles. The molecule has 2 heterocycles. The van der Waals surface area contributed by atoms with E-state index in [1.165, 1.54) is 5.69 Å². The van der Waals surface area contributed by atoms with Gasteiger partial charge in [-0.15, -0.1) is 0 Å². The third-order valence-electron chi connectivity index (χ3n) is 5.94. The van der Waals surface area contributed by atoms with Crippen LogP contribution in [-0.2, 0) is 9.53 Å². The van der Waals surface area contributed by atoms with Gasteiger partial charge in [0.25, 0.3) is 0 Å². The first-order chi connectivity index (χ1) is 11.7. The summed E-state index contributed by atoms with van der Waals surface area (Å²) >= 11 is 0. The number of para-hydroxylation sites is 1. The largest absolute Gasteiger partial charge is 0.462 e. The Labute approximate surface area is 153 Å². The van der Waals surface area contributed by atoms with E-state index in [1.807, 2.05) is 0 Å². The number of ether oxygens (including phenoxy) is 1. The first kappa shape index (κ1) is 19.8. The number of esters is 1. The van der Waals surface area contributed by atoms with Crippen LogP contribution in [0.3, 0.4) is 0 Å². The number of cyclic esters (lactones) is 1. The van der Waals surface area contributed by atoms with Gasteiger partial charge < -0.3 is 9.64 Å². The first-order valence-electron chi connectivity index (χ1n) is 9.40. The van der Waals surface area contributed by atoms with Gasteiger partial charge in [0.15, 0.2) is 0 Å². The molecule has 0 spiro atoms. The Morgan fingerprint density at radius 2 is 1.72 bits per heavy atom. The van der Waals surface area contributed by atoms with Gasteiger partial charge in [-0.1, -0.05) is 39.5 Å². The second kappa shape index (κ2) is 8.70. The summed E-state index contributed by atoms with van der Waals surface area (Å²) < 4.78 is 5.66. The fourth-order valence-electron chi connectivity index (χ4n) is 4.02. The summed E-state index contributed by atoms with van der Waals surface area (Å²) in [7, 11) is 0. The normalized spacial score (nSPS) is 23.2. The van der Waals surface area contributed by atoms with Crippen molar-refractivity contribution in [2.24, 2.45) is 5.41 Å². The molecule has 0 N–H and O–H groups in total. The summed E-state index contributed by atoms with van der Waals surface area (Å²) in [6, 6.07) is 10.6. The second-order valence-corrected chi connectivity index (χ2v) is 7.17. The number of hydrogen-bond acceptors (Lipinski definition) is 4. The van der Waals surface area contributed by atoms with Crippen LogP contribution < -0.4 is 4.90 Å². The number of hydrogen-bond donors (Lipinski definition) is 0. The van der Waals surface area contributed by atoms with Crippen molar-refractivity contribution in [2.45, 2.75) is 53.1 Å². The van der Waals surface area contributed by atoms with Crippen LogP contribution in [0.15, 0.2) is 30.3 Å². The molecule has 1 aromatic rings. The molecule has 140 valence electrons. The number of benzene rings is 1. The molecule has 2 saturated heterocycles. The molecule has 1 atom stereocenters. The molecule has 2 fully saturated rings. The van der Waals surface area contributed by atoms with Gasteiger partial charge in [0, 0.05) is 44.8 Å². The highest BCUT2D eigenvalue weighted by Crippen LogP contribution is 2.41. The lowest BCUT2D eigenvalue weighted by Gasteiger charge is -2.36. The maximum Gasteiger partial charge on any atom is 0.312 e. The molecule has 0 aliphatic carbocycles. The Hall–Kier alpha value is -1.55. The average molecular weight is 347 g/mol. The molecule has 25 heavy (non-hydrogen) atoms. The zero-order chi connectivity index (χ0) is 17.0. The van der Waals surface area contributed by atoms with Gasteiger partial charge in [0.05, 0.1) is 5.41 Å². The Morgan fingerprint density at radius 1 is 1.08 bits per heavy atom. The molecule has 0 saturated carbocycles. The second-order valence-electron chi connectivity index (χ2n) is 7.17. The van der Waals surface area contributed by atoms with E-state index in [-0.39, 0.29) is 24.9 Å². The van der Waals surface area contributed by atoms with Crippen molar-refractivity contribution in [1.82, 2.24) is 4.90 Å². The number of carbonyl (C=O) groups excluding carboxylic acids is 1. The topological polar surface area (TPSA) is 32.8 Å². The van der Waals surface area contributed by atoms with Crippen molar-refractivity contribution < 1.29 is 9.53 Å². The van der Waals surface area contributed by atoms with E-state index in [0.29, 0.717) is 0 Å². The van der Waals surface area contributed by atoms with Crippen LogP contribution in [0.25, 0.3) is 0 Å². The zero-order valence-corrected chi connectivity index (χ0v) is 15.0. The molecule has 1 aromatic carbocycles. The van der Waals surface area contributed by atoms with Gasteiger partial charge >= 0.3 is 5.97 Å². The minimum Gasteiger partial charge on any atom is -0.462 e. The maximum absolute atomic E-state index is 12.2. The molecule has 4 nitrogen and oxygen atoms in total. The summed E-state index contributed by atoms with van der Waals surface area (Å²) in [5.74, 6) is 0.0337. The van der Waals surface area contributed by atoms with Gasteiger partial charge in [-0.05, 0) is 31.4 Å². The smallest absolute Gasteiger partial charge is 0.312 e. The van der Waals surface area contributed by atoms with E-state index < -0.39 is 0 Å². The van der Waals surface area contributed by atoms with E-state index in [4.69, 9.17) is 4.74 Å². The monoisotopic (exact) mass is 346 g/mol. The molecule has 3 rings (SSSR count). The molecule has 0 radical (unpaired) electrons. The average Bonchev–Trinajstić information content (AvgIpc) is 2.97. The maximum atomic E-state index is 12.2. The van der Waals surface area contributed by atoms with E-state index >= 15 is 0 Å². The van der Waals surface area contributed by atoms with Gasteiger partial charge in [0.1, 0.15) is 6.10 Å². The highest BCUT2D eigenvalue weighted by molar-refractivity contribution is 5.78. The number of nitrogens with zero attached hydrogens (tertiary/aromatic N) is 2. The van der Waals surface area contributed by atoms with Gasteiger partial charge in [-0.2, -0.15) is 0 Å². The highest BCUT2D eigenvalue weighted by atomic mass is 16.6. The van der Waals surface area contributed by atoms with Crippen LogP contribution >= 0.6 is 0 Å². The summed E-state index contributed by atoms with van der Waals surface area (Å²) in [5, 5.41) is 0. The summed E-state index contributed by atoms with van der Waals surface area (Å²) in [6.45, 7) is 9.56. The van der Waals surface area contributed by atoms with Crippen molar-refractivity contribution >= 4 is 11.7 Å². The molecule has 0 aromatic heterocycles. The quantitative estimate of drug-likeness (QED) is 0.730. The summed E-state index contributed by atoms with van der Waals surface area (Å²) in [6.07, 6.45) is 3.79. The fourth-order valence-corrected chi connectivity index (χ4v) is 4.02. The molecular formula is C21H34N2O2. The SMILES string of the molecule is C.CCC1(CC)CC(CCN2CCN(c3ccccc3)CC2)OC1=O. The van der Waals surface area contributed by atoms with Crippen molar-refractivity contribution in [2.75, 3.05) is 37.6 Å². The van der Waals surface area contributed by atoms with E-state index in [0.717, 1.165) is 58.4 Å². The van der Waals surface area contributed by atoms with Crippen molar-refractivity contribution in [3.05, 3.63) is 30.3 Å². The molecule has 4 heteroatoms. The van der Waals surface area contributed by atoms with Crippen LogP contribution in [0.5, 0.6) is 0 Å². The lowest BCUT2D eigenvalue weighted by atomic mass is 9.79. The van der Waals surface area contributed by atoms with Crippen molar-refractivity contribution in [3.8, 4) is 0 Å². The third-order valence-corrected chi connectivity index (χ3v) is 5.94. The summed E-state index contributed by atoms with van der Waals surface area (Å²) in [5.41, 5.74) is 1.11. The highest BCUT2D eigenvalue weighted by Gasteiger charge is 2.46. The Morgan fingerprint density at radius 3 is 2.28 bits per heavy atom. The fraction of sp³-hybridized carbons (Fsp3) is 0.667. The predicted molar refractivity (Wildman–Crippen MR) is 104 cm³/mol. The van der Waals surface area contributed by atoms with E-state index in [1.54, 1.807) is 0 Å². The lowest BCUT2D eigenvalue weighted by Crippen LogP contribution is -2.47. The number of piperazine rings is 1. The third kappa shape index (κ3) is 4.35. The Balaban J connectivity index is 0.00000225. The van der Waals surface area contributed by atoms with Crippen molar-refractivity contribution in [1.29, 1.82) is 0 Å². The number of rotatable bonds is 6. The van der Waals surface area contributed by atoms with Gasteiger partial charge in [-0.25, -0.2) is 0 Å². The minimum atomic E-state index is -0.212.